The number of nitrogens with two attached hydrogens (primary N) is 2. The van der Waals surface area contributed by atoms with Crippen molar-refractivity contribution >= 4 is 29.6 Å². The van der Waals surface area contributed by atoms with Gasteiger partial charge in [0.15, 0.2) is 0 Å². The fourth-order valence-corrected chi connectivity index (χ4v) is 2.01. The van der Waals surface area contributed by atoms with E-state index in [2.05, 4.69) is 10.6 Å². The van der Waals surface area contributed by atoms with Crippen LogP contribution in [0.15, 0.2) is 0 Å². The number of carboxylic acids is 1. The van der Waals surface area contributed by atoms with E-state index in [4.69, 9.17) is 21.7 Å². The summed E-state index contributed by atoms with van der Waals surface area (Å²) in [7, 11) is 0. The van der Waals surface area contributed by atoms with Crippen LogP contribution < -0.4 is 27.4 Å². The average Bonchev–Trinajstić information content (AvgIpc) is 2.64. The van der Waals surface area contributed by atoms with E-state index >= 15 is 0 Å². The van der Waals surface area contributed by atoms with Crippen LogP contribution in [0.4, 0.5) is 0 Å². The molecule has 0 aliphatic rings. The molecule has 14 heteroatoms. The lowest BCUT2D eigenvalue weighted by molar-refractivity contribution is -0.144. The molecule has 5 unspecified atom stereocenters. The van der Waals surface area contributed by atoms with Crippen LogP contribution in [0.3, 0.4) is 0 Å². The number of carbonyl (C=O) groups excluding carboxylic acids is 4. The predicted molar refractivity (Wildman–Crippen MR) is 95.7 cm³/mol. The lowest BCUT2D eigenvalue weighted by atomic mass is 10.1. The number of hydrogen-bond donors (Lipinski definition) is 9. The van der Waals surface area contributed by atoms with Gasteiger partial charge < -0.3 is 47.8 Å². The summed E-state index contributed by atoms with van der Waals surface area (Å²) in [6.45, 7) is -0.686. The van der Waals surface area contributed by atoms with Gasteiger partial charge in [0, 0.05) is 6.42 Å². The maximum absolute atomic E-state index is 12.2. The number of hydrogen-bond acceptors (Lipinski definition) is 9. The Morgan fingerprint density at radius 2 is 1.41 bits per heavy atom. The fraction of sp³-hybridized carbons (Fsp3) is 0.667. The lowest BCUT2D eigenvalue weighted by Crippen LogP contribution is -2.60. The van der Waals surface area contributed by atoms with E-state index in [0.717, 1.165) is 6.92 Å². The number of aliphatic hydroxyl groups excluding tert-OH is 3. The molecule has 0 spiro atoms. The molecule has 0 saturated heterocycles. The van der Waals surface area contributed by atoms with Crippen molar-refractivity contribution in [2.24, 2.45) is 11.5 Å². The van der Waals surface area contributed by atoms with E-state index in [0.29, 0.717) is 0 Å². The average molecular weight is 421 g/mol. The van der Waals surface area contributed by atoms with Crippen molar-refractivity contribution in [3.63, 3.8) is 0 Å². The highest BCUT2D eigenvalue weighted by molar-refractivity contribution is 5.94. The first-order chi connectivity index (χ1) is 13.4. The Labute approximate surface area is 165 Å². The van der Waals surface area contributed by atoms with E-state index in [1.165, 1.54) is 0 Å². The van der Waals surface area contributed by atoms with Gasteiger partial charge in [0.25, 0.3) is 0 Å². The molecule has 0 heterocycles. The van der Waals surface area contributed by atoms with Gasteiger partial charge in [-0.2, -0.15) is 0 Å². The van der Waals surface area contributed by atoms with Crippen LogP contribution in [-0.4, -0.2) is 93.5 Å². The highest BCUT2D eigenvalue weighted by atomic mass is 16.4. The molecule has 5 atom stereocenters. The fourth-order valence-electron chi connectivity index (χ4n) is 2.01. The second kappa shape index (κ2) is 12.6. The molecule has 0 aromatic carbocycles. The van der Waals surface area contributed by atoms with E-state index in [-0.39, 0.29) is 12.8 Å². The summed E-state index contributed by atoms with van der Waals surface area (Å²) >= 11 is 0. The molecule has 0 bridgehead atoms. The first-order valence-electron chi connectivity index (χ1n) is 8.52. The van der Waals surface area contributed by atoms with Crippen molar-refractivity contribution in [3.05, 3.63) is 0 Å². The number of carboxylic acid groups (broad SMARTS) is 1. The van der Waals surface area contributed by atoms with Crippen molar-refractivity contribution < 1.29 is 44.4 Å². The largest absolute Gasteiger partial charge is 0.480 e. The van der Waals surface area contributed by atoms with Crippen molar-refractivity contribution in [2.75, 3.05) is 13.2 Å². The summed E-state index contributed by atoms with van der Waals surface area (Å²) in [6.07, 6.45) is -1.76. The molecule has 166 valence electrons. The maximum atomic E-state index is 12.2. The van der Waals surface area contributed by atoms with Crippen LogP contribution >= 0.6 is 0 Å². The summed E-state index contributed by atoms with van der Waals surface area (Å²) in [5.74, 6) is -5.28. The summed E-state index contributed by atoms with van der Waals surface area (Å²) in [4.78, 5) is 57.9. The van der Waals surface area contributed by atoms with Gasteiger partial charge in [-0.1, -0.05) is 0 Å². The van der Waals surface area contributed by atoms with Gasteiger partial charge in [0.2, 0.25) is 23.6 Å². The molecule has 0 aromatic rings. The molecule has 0 aliphatic carbocycles. The molecular formula is C15H27N5O9. The molecule has 14 nitrogen and oxygen atoms in total. The molecule has 29 heavy (non-hydrogen) atoms. The molecule has 11 N–H and O–H groups in total. The Bertz CT molecular complexity index is 613. The zero-order valence-electron chi connectivity index (χ0n) is 15.7. The van der Waals surface area contributed by atoms with Gasteiger partial charge in [0.05, 0.1) is 25.4 Å². The number of rotatable bonds is 13. The third-order valence-corrected chi connectivity index (χ3v) is 3.71. The molecule has 0 rings (SSSR count). The van der Waals surface area contributed by atoms with Crippen molar-refractivity contribution in [1.29, 1.82) is 0 Å². The van der Waals surface area contributed by atoms with Gasteiger partial charge in [0.1, 0.15) is 18.1 Å². The number of amides is 4. The predicted octanol–water partition coefficient (Wildman–Crippen LogP) is -5.52. The molecular weight excluding hydrogens is 394 g/mol. The lowest BCUT2D eigenvalue weighted by Gasteiger charge is -2.25. The minimum absolute atomic E-state index is 0.0998. The van der Waals surface area contributed by atoms with Crippen molar-refractivity contribution in [3.8, 4) is 0 Å². The SMILES string of the molecule is CC(O)C(NC(=O)C(CO)NC(=O)C(N)CCC(N)=O)C(=O)NC(CO)C(=O)O. The van der Waals surface area contributed by atoms with Gasteiger partial charge >= 0.3 is 5.97 Å². The molecule has 0 aromatic heterocycles. The summed E-state index contributed by atoms with van der Waals surface area (Å²) < 4.78 is 0. The first kappa shape index (κ1) is 26.2. The number of aliphatic hydroxyl groups is 3. The zero-order valence-corrected chi connectivity index (χ0v) is 15.7. The van der Waals surface area contributed by atoms with Crippen LogP contribution in [0.5, 0.6) is 0 Å². The Morgan fingerprint density at radius 1 is 0.897 bits per heavy atom. The monoisotopic (exact) mass is 421 g/mol. The van der Waals surface area contributed by atoms with Gasteiger partial charge in [-0.3, -0.25) is 19.2 Å². The highest BCUT2D eigenvalue weighted by Crippen LogP contribution is 1.99. The van der Waals surface area contributed by atoms with Crippen LogP contribution in [0.2, 0.25) is 0 Å². The Kier molecular flexibility index (Phi) is 11.4. The number of primary amides is 1. The molecule has 0 radical (unpaired) electrons. The third-order valence-electron chi connectivity index (χ3n) is 3.71. The van der Waals surface area contributed by atoms with Crippen LogP contribution in [0.1, 0.15) is 19.8 Å². The summed E-state index contributed by atoms with van der Waals surface area (Å²) in [5, 5.41) is 42.9. The number of aliphatic carboxylic acids is 1. The highest BCUT2D eigenvalue weighted by Gasteiger charge is 2.32. The smallest absolute Gasteiger partial charge is 0.328 e. The normalized spacial score (nSPS) is 15.9. The topological polar surface area (TPSA) is 254 Å². The molecule has 0 aliphatic heterocycles. The van der Waals surface area contributed by atoms with E-state index in [9.17, 15) is 34.2 Å². The zero-order chi connectivity index (χ0) is 22.7. The van der Waals surface area contributed by atoms with Gasteiger partial charge in [-0.05, 0) is 13.3 Å². The number of nitrogens with one attached hydrogen (secondary N) is 3. The Balaban J connectivity index is 5.04. The maximum Gasteiger partial charge on any atom is 0.328 e. The van der Waals surface area contributed by atoms with Crippen molar-refractivity contribution in [1.82, 2.24) is 16.0 Å². The van der Waals surface area contributed by atoms with E-state index in [1.54, 1.807) is 0 Å². The molecule has 4 amide bonds. The molecule has 0 saturated carbocycles. The third kappa shape index (κ3) is 9.29. The van der Waals surface area contributed by atoms with Gasteiger partial charge in [-0.25, -0.2) is 4.79 Å². The minimum atomic E-state index is -1.67. The van der Waals surface area contributed by atoms with Gasteiger partial charge in [-0.15, -0.1) is 0 Å². The first-order valence-corrected chi connectivity index (χ1v) is 8.52. The summed E-state index contributed by atoms with van der Waals surface area (Å²) in [6, 6.07) is -6.06. The number of carbonyl (C=O) groups is 5. The van der Waals surface area contributed by atoms with E-state index in [1.807, 2.05) is 5.32 Å². The van der Waals surface area contributed by atoms with Crippen LogP contribution in [-0.2, 0) is 24.0 Å². The second-order valence-corrected chi connectivity index (χ2v) is 6.16. The standard InChI is InChI=1S/C15H27N5O9/c1-6(23)11(14(27)19-9(5-22)15(28)29)20-13(26)8(4-21)18-12(25)7(16)2-3-10(17)24/h6-9,11,21-23H,2-5,16H2,1H3,(H2,17,24)(H,18,25)(H,19,27)(H,20,26)(H,28,29). The van der Waals surface area contributed by atoms with E-state index < -0.39 is 73.1 Å². The second-order valence-electron chi connectivity index (χ2n) is 6.16. The van der Waals surface area contributed by atoms with Crippen LogP contribution in [0, 0.1) is 0 Å². The Hall–Kier alpha value is -2.81. The van der Waals surface area contributed by atoms with Crippen molar-refractivity contribution in [2.45, 2.75) is 50.0 Å². The minimum Gasteiger partial charge on any atom is -0.480 e. The Morgan fingerprint density at radius 3 is 1.83 bits per heavy atom. The molecule has 0 fully saturated rings. The van der Waals surface area contributed by atoms with Crippen LogP contribution in [0.25, 0.3) is 0 Å². The summed E-state index contributed by atoms with van der Waals surface area (Å²) in [5.41, 5.74) is 10.5. The quantitative estimate of drug-likeness (QED) is 0.136.